The lowest BCUT2D eigenvalue weighted by atomic mass is 10.0. The van der Waals surface area contributed by atoms with Crippen molar-refractivity contribution >= 4 is 34.1 Å². The number of ether oxygens (including phenoxy) is 1. The minimum atomic E-state index is -4.75. The Kier molecular flexibility index (Phi) is 9.03. The van der Waals surface area contributed by atoms with E-state index in [0.29, 0.717) is 41.0 Å². The highest BCUT2D eigenvalue weighted by molar-refractivity contribution is 6.02. The molecule has 0 bridgehead atoms. The number of carbonyl (C=O) groups is 1. The zero-order valence-corrected chi connectivity index (χ0v) is 26.2. The van der Waals surface area contributed by atoms with Gasteiger partial charge in [0.15, 0.2) is 5.65 Å². The SMILES string of the molecule is COc1cc(-c2nn(-c3ccc(CN4CCCCC4CO)cc3)c3ncnc(N)c23)ccc1N(C(C)=O)c1ccc(C(F)(F)F)cc1F. The molecule has 1 aliphatic rings. The quantitative estimate of drug-likeness (QED) is 0.187. The van der Waals surface area contributed by atoms with E-state index in [0.717, 1.165) is 48.0 Å². The average molecular weight is 664 g/mol. The summed E-state index contributed by atoms with van der Waals surface area (Å²) < 4.78 is 61.8. The van der Waals surface area contributed by atoms with Crippen LogP contribution in [-0.2, 0) is 17.5 Å². The second-order valence-corrected chi connectivity index (χ2v) is 11.6. The van der Waals surface area contributed by atoms with E-state index < -0.39 is 23.5 Å². The van der Waals surface area contributed by atoms with Gasteiger partial charge in [-0.2, -0.15) is 18.3 Å². The third-order valence-electron chi connectivity index (χ3n) is 8.55. The van der Waals surface area contributed by atoms with E-state index in [-0.39, 0.29) is 35.6 Å². The number of alkyl halides is 3. The fourth-order valence-corrected chi connectivity index (χ4v) is 6.15. The van der Waals surface area contributed by atoms with Crippen molar-refractivity contribution in [2.24, 2.45) is 0 Å². The molecule has 0 saturated carbocycles. The zero-order valence-electron chi connectivity index (χ0n) is 26.2. The molecule has 1 aliphatic heterocycles. The van der Waals surface area contributed by atoms with E-state index in [4.69, 9.17) is 15.6 Å². The first kappa shape index (κ1) is 32.8. The maximum Gasteiger partial charge on any atom is 0.416 e. The number of aliphatic hydroxyl groups excluding tert-OH is 1. The smallest absolute Gasteiger partial charge is 0.416 e. The summed E-state index contributed by atoms with van der Waals surface area (Å²) in [6, 6.07) is 14.7. The van der Waals surface area contributed by atoms with Crippen molar-refractivity contribution in [3.8, 4) is 22.7 Å². The van der Waals surface area contributed by atoms with Crippen molar-refractivity contribution in [3.05, 3.63) is 83.9 Å². The predicted octanol–water partition coefficient (Wildman–Crippen LogP) is 6.26. The summed E-state index contributed by atoms with van der Waals surface area (Å²) in [6.45, 7) is 2.94. The van der Waals surface area contributed by atoms with Crippen molar-refractivity contribution < 1.29 is 32.2 Å². The molecule has 1 saturated heterocycles. The highest BCUT2D eigenvalue weighted by atomic mass is 19.4. The van der Waals surface area contributed by atoms with E-state index in [9.17, 15) is 23.1 Å². The number of aliphatic hydroxyl groups is 1. The Labute approximate surface area is 273 Å². The first-order chi connectivity index (χ1) is 23.0. The minimum absolute atomic E-state index is 0.105. The van der Waals surface area contributed by atoms with Gasteiger partial charge in [0.2, 0.25) is 5.91 Å². The molecule has 0 radical (unpaired) electrons. The number of amides is 1. The van der Waals surface area contributed by atoms with E-state index in [1.54, 1.807) is 16.8 Å². The summed E-state index contributed by atoms with van der Waals surface area (Å²) in [5.41, 5.74) is 8.05. The van der Waals surface area contributed by atoms with Crippen LogP contribution in [-0.4, -0.2) is 62.0 Å². The van der Waals surface area contributed by atoms with Crippen LogP contribution in [0.4, 0.5) is 34.8 Å². The van der Waals surface area contributed by atoms with Crippen molar-refractivity contribution in [1.29, 1.82) is 0 Å². The fourth-order valence-electron chi connectivity index (χ4n) is 6.15. The third-order valence-corrected chi connectivity index (χ3v) is 8.55. The number of carbonyl (C=O) groups excluding carboxylic acids is 1. The van der Waals surface area contributed by atoms with Gasteiger partial charge in [-0.15, -0.1) is 0 Å². The first-order valence-corrected chi connectivity index (χ1v) is 15.3. The highest BCUT2D eigenvalue weighted by Gasteiger charge is 2.33. The highest BCUT2D eigenvalue weighted by Crippen LogP contribution is 2.41. The summed E-state index contributed by atoms with van der Waals surface area (Å²) in [4.78, 5) is 24.6. The van der Waals surface area contributed by atoms with E-state index in [1.165, 1.54) is 26.4 Å². The lowest BCUT2D eigenvalue weighted by Crippen LogP contribution is -2.41. The van der Waals surface area contributed by atoms with E-state index in [1.807, 2.05) is 24.3 Å². The Hall–Kier alpha value is -5.08. The molecule has 0 spiro atoms. The fraction of sp³-hybridized carbons (Fsp3) is 0.294. The molecular formula is C34H33F4N7O3. The number of anilines is 3. The largest absolute Gasteiger partial charge is 0.495 e. The maximum atomic E-state index is 15.0. The Bertz CT molecular complexity index is 1960. The number of rotatable bonds is 8. The lowest BCUT2D eigenvalue weighted by molar-refractivity contribution is -0.137. The number of benzene rings is 3. The number of likely N-dealkylation sites (tertiary alicyclic amines) is 1. The lowest BCUT2D eigenvalue weighted by Gasteiger charge is -2.34. The van der Waals surface area contributed by atoms with Gasteiger partial charge >= 0.3 is 6.18 Å². The molecule has 1 fully saturated rings. The van der Waals surface area contributed by atoms with Crippen LogP contribution >= 0.6 is 0 Å². The van der Waals surface area contributed by atoms with Gasteiger partial charge in [-0.25, -0.2) is 19.0 Å². The number of nitrogens with zero attached hydrogens (tertiary/aromatic N) is 6. The number of nitrogen functional groups attached to an aromatic ring is 1. The molecule has 1 amide bonds. The molecule has 48 heavy (non-hydrogen) atoms. The molecule has 3 aromatic carbocycles. The van der Waals surface area contributed by atoms with E-state index >= 15 is 4.39 Å². The predicted molar refractivity (Wildman–Crippen MR) is 172 cm³/mol. The van der Waals surface area contributed by atoms with Crippen molar-refractivity contribution in [1.82, 2.24) is 24.6 Å². The van der Waals surface area contributed by atoms with Gasteiger partial charge in [-0.3, -0.25) is 14.6 Å². The van der Waals surface area contributed by atoms with Crippen LogP contribution in [0.3, 0.4) is 0 Å². The number of hydrogen-bond donors (Lipinski definition) is 2. The molecule has 14 heteroatoms. The van der Waals surface area contributed by atoms with Crippen LogP contribution in [0.25, 0.3) is 28.0 Å². The van der Waals surface area contributed by atoms with Crippen molar-refractivity contribution in [3.63, 3.8) is 0 Å². The van der Waals surface area contributed by atoms with Gasteiger partial charge in [0.25, 0.3) is 0 Å². The average Bonchev–Trinajstić information content (AvgIpc) is 3.46. The summed E-state index contributed by atoms with van der Waals surface area (Å²) >= 11 is 0. The minimum Gasteiger partial charge on any atom is -0.495 e. The van der Waals surface area contributed by atoms with E-state index in [2.05, 4.69) is 14.9 Å². The molecule has 6 rings (SSSR count). The maximum absolute atomic E-state index is 15.0. The van der Waals surface area contributed by atoms with Crippen LogP contribution in [0.2, 0.25) is 0 Å². The molecule has 10 nitrogen and oxygen atoms in total. The number of methoxy groups -OCH3 is 1. The van der Waals surface area contributed by atoms with Crippen LogP contribution in [0.15, 0.2) is 67.0 Å². The standard InChI is InChI=1S/C34H33F4N7O3/c1-20(47)44(27-13-9-23(16-26(27)35)34(36,37)38)28-12-8-22(15-29(28)48-2)31-30-32(39)40-19-41-33(30)45(42-31)24-10-6-21(7-11-24)17-43-14-4-3-5-25(43)18-46/h6-13,15-16,19,25,46H,3-5,14,17-18H2,1-2H3,(H2,39,40,41). The number of fused-ring (bicyclic) bond motifs is 1. The van der Waals surface area contributed by atoms with Gasteiger partial charge < -0.3 is 15.6 Å². The second-order valence-electron chi connectivity index (χ2n) is 11.6. The molecule has 1 atom stereocenters. The Morgan fingerprint density at radius 2 is 1.81 bits per heavy atom. The molecule has 5 aromatic rings. The van der Waals surface area contributed by atoms with Gasteiger partial charge in [-0.05, 0) is 67.4 Å². The molecule has 1 unspecified atom stereocenters. The van der Waals surface area contributed by atoms with Gasteiger partial charge in [-0.1, -0.05) is 24.6 Å². The number of halogens is 4. The Balaban J connectivity index is 1.37. The summed E-state index contributed by atoms with van der Waals surface area (Å²) in [5.74, 6) is -1.57. The summed E-state index contributed by atoms with van der Waals surface area (Å²) in [6.07, 6.45) is -0.227. The van der Waals surface area contributed by atoms with Crippen molar-refractivity contribution in [2.75, 3.05) is 30.9 Å². The Morgan fingerprint density at radius 3 is 2.48 bits per heavy atom. The van der Waals surface area contributed by atoms with Crippen LogP contribution in [0.1, 0.15) is 37.3 Å². The molecule has 3 heterocycles. The molecule has 250 valence electrons. The number of aromatic nitrogens is 4. The molecule has 2 aromatic heterocycles. The van der Waals surface area contributed by atoms with Crippen LogP contribution in [0.5, 0.6) is 5.75 Å². The third kappa shape index (κ3) is 6.28. The number of hydrogen-bond acceptors (Lipinski definition) is 8. The summed E-state index contributed by atoms with van der Waals surface area (Å²) in [5, 5.41) is 15.1. The zero-order chi connectivity index (χ0) is 34.2. The van der Waals surface area contributed by atoms with Gasteiger partial charge in [0.1, 0.15) is 29.4 Å². The molecule has 3 N–H and O–H groups in total. The van der Waals surface area contributed by atoms with Gasteiger partial charge in [0.05, 0.1) is 41.7 Å². The molecular weight excluding hydrogens is 630 g/mol. The number of nitrogens with two attached hydrogens (primary N) is 1. The normalized spacial score (nSPS) is 15.5. The second kappa shape index (κ2) is 13.2. The monoisotopic (exact) mass is 663 g/mol. The van der Waals surface area contributed by atoms with Crippen molar-refractivity contribution in [2.45, 2.75) is 44.9 Å². The van der Waals surface area contributed by atoms with Gasteiger partial charge in [0, 0.05) is 25.1 Å². The topological polar surface area (TPSA) is 123 Å². The number of piperidine rings is 1. The van der Waals surface area contributed by atoms with Crippen LogP contribution in [0, 0.1) is 5.82 Å². The summed E-state index contributed by atoms with van der Waals surface area (Å²) in [7, 11) is 1.35. The van der Waals surface area contributed by atoms with Crippen LogP contribution < -0.4 is 15.4 Å². The Morgan fingerprint density at radius 1 is 1.06 bits per heavy atom. The molecule has 0 aliphatic carbocycles. The first-order valence-electron chi connectivity index (χ1n) is 15.3.